The van der Waals surface area contributed by atoms with Gasteiger partial charge in [0.25, 0.3) is 11.5 Å². The number of nitrogens with zero attached hydrogens (tertiary/aromatic N) is 2. The maximum atomic E-state index is 13.1. The van der Waals surface area contributed by atoms with Gasteiger partial charge in [-0.2, -0.15) is 9.78 Å². The third kappa shape index (κ3) is 3.71. The molecule has 8 heteroatoms. The average Bonchev–Trinajstić information content (AvgIpc) is 2.73. The largest absolute Gasteiger partial charge is 0.486 e. The molecule has 1 aliphatic heterocycles. The Bertz CT molecular complexity index is 1070. The van der Waals surface area contributed by atoms with Crippen molar-refractivity contribution in [1.82, 2.24) is 15.1 Å². The lowest BCUT2D eigenvalue weighted by molar-refractivity contribution is 0.0785. The summed E-state index contributed by atoms with van der Waals surface area (Å²) in [5, 5.41) is 6.79. The van der Waals surface area contributed by atoms with Crippen LogP contribution in [0.15, 0.2) is 65.5 Å². The van der Waals surface area contributed by atoms with Gasteiger partial charge in [-0.15, -0.1) is 0 Å². The highest BCUT2D eigenvalue weighted by Crippen LogP contribution is 2.30. The number of nitrogens with one attached hydrogen (secondary N) is 1. The number of benzene rings is 2. The lowest BCUT2D eigenvalue weighted by Crippen LogP contribution is -2.41. The van der Waals surface area contributed by atoms with Gasteiger partial charge in [0.2, 0.25) is 0 Å². The first-order valence-corrected chi connectivity index (χ1v) is 8.63. The smallest absolute Gasteiger partial charge is 0.271 e. The summed E-state index contributed by atoms with van der Waals surface area (Å²) in [4.78, 5) is 24.5. The zero-order valence-electron chi connectivity index (χ0n) is 14.7. The minimum Gasteiger partial charge on any atom is -0.486 e. The Morgan fingerprint density at radius 3 is 2.64 bits per heavy atom. The molecule has 4 rings (SSSR count). The third-order valence-corrected chi connectivity index (χ3v) is 4.16. The highest BCUT2D eigenvalue weighted by molar-refractivity contribution is 5.92. The predicted octanol–water partition coefficient (Wildman–Crippen LogP) is 1.94. The van der Waals surface area contributed by atoms with Crippen LogP contribution in [-0.2, 0) is 0 Å². The molecule has 0 spiro atoms. The first-order valence-electron chi connectivity index (χ1n) is 8.63. The predicted molar refractivity (Wildman–Crippen MR) is 98.5 cm³/mol. The van der Waals surface area contributed by atoms with Gasteiger partial charge in [0, 0.05) is 6.07 Å². The monoisotopic (exact) mass is 381 g/mol. The molecule has 1 amide bonds. The van der Waals surface area contributed by atoms with Gasteiger partial charge in [-0.25, -0.2) is 4.39 Å². The summed E-state index contributed by atoms with van der Waals surface area (Å²) in [5.41, 5.74) is -0.00787. The van der Waals surface area contributed by atoms with E-state index >= 15 is 0 Å². The van der Waals surface area contributed by atoms with Gasteiger partial charge in [0.1, 0.15) is 24.2 Å². The van der Waals surface area contributed by atoms with E-state index in [4.69, 9.17) is 9.47 Å². The van der Waals surface area contributed by atoms with Crippen LogP contribution in [0.2, 0.25) is 0 Å². The lowest BCUT2D eigenvalue weighted by Gasteiger charge is -2.26. The minimum atomic E-state index is -0.460. The third-order valence-electron chi connectivity index (χ3n) is 4.16. The summed E-state index contributed by atoms with van der Waals surface area (Å²) in [6.07, 6.45) is -0.346. The molecule has 1 aliphatic rings. The molecule has 0 radical (unpaired) electrons. The Morgan fingerprint density at radius 1 is 1.11 bits per heavy atom. The number of ether oxygens (including phenoxy) is 2. The standard InChI is InChI=1S/C20H16FN3O4/c21-13-5-7-14(8-6-13)24-19(25)10-9-16(23-24)20(26)22-11-15-12-27-17-3-1-2-4-18(17)28-15/h1-10,15H,11-12H2,(H,22,26). The van der Waals surface area contributed by atoms with Gasteiger partial charge >= 0.3 is 0 Å². The zero-order valence-corrected chi connectivity index (χ0v) is 14.7. The molecule has 3 aromatic rings. The van der Waals surface area contributed by atoms with Crippen LogP contribution in [0.5, 0.6) is 11.5 Å². The lowest BCUT2D eigenvalue weighted by atomic mass is 10.2. The van der Waals surface area contributed by atoms with Gasteiger partial charge in [0.05, 0.1) is 12.2 Å². The summed E-state index contributed by atoms with van der Waals surface area (Å²) < 4.78 is 25.5. The van der Waals surface area contributed by atoms with Crippen LogP contribution < -0.4 is 20.3 Å². The SMILES string of the molecule is O=C(NCC1COc2ccccc2O1)c1ccc(=O)n(-c2ccc(F)cc2)n1. The van der Waals surface area contributed by atoms with Crippen LogP contribution >= 0.6 is 0 Å². The highest BCUT2D eigenvalue weighted by Gasteiger charge is 2.21. The molecular formula is C20H16FN3O4. The van der Waals surface area contributed by atoms with Crippen LogP contribution in [-0.4, -0.2) is 34.9 Å². The average molecular weight is 381 g/mol. The molecule has 1 atom stereocenters. The molecule has 2 aromatic carbocycles. The first-order chi connectivity index (χ1) is 13.6. The molecule has 2 heterocycles. The molecular weight excluding hydrogens is 365 g/mol. The fourth-order valence-electron chi connectivity index (χ4n) is 2.76. The minimum absolute atomic E-state index is 0.0565. The van der Waals surface area contributed by atoms with Crippen LogP contribution in [0.25, 0.3) is 5.69 Å². The van der Waals surface area contributed by atoms with E-state index in [0.717, 1.165) is 4.68 Å². The summed E-state index contributed by atoms with van der Waals surface area (Å²) in [5.74, 6) is 0.398. The number of fused-ring (bicyclic) bond motifs is 1. The van der Waals surface area contributed by atoms with Crippen LogP contribution in [0, 0.1) is 5.82 Å². The van der Waals surface area contributed by atoms with E-state index in [-0.39, 0.29) is 18.3 Å². The summed E-state index contributed by atoms with van der Waals surface area (Å²) in [7, 11) is 0. The Labute approximate surface area is 159 Å². The molecule has 0 fully saturated rings. The van der Waals surface area contributed by atoms with Crippen molar-refractivity contribution in [3.8, 4) is 17.2 Å². The molecule has 0 saturated carbocycles. The van der Waals surface area contributed by atoms with Gasteiger partial charge in [-0.3, -0.25) is 9.59 Å². The van der Waals surface area contributed by atoms with Crippen molar-refractivity contribution in [3.63, 3.8) is 0 Å². The number of hydrogen-bond donors (Lipinski definition) is 1. The number of hydrogen-bond acceptors (Lipinski definition) is 5. The van der Waals surface area contributed by atoms with Crippen molar-refractivity contribution in [1.29, 1.82) is 0 Å². The summed E-state index contributed by atoms with van der Waals surface area (Å²) >= 11 is 0. The first kappa shape index (κ1) is 17.7. The van der Waals surface area contributed by atoms with E-state index in [1.165, 1.54) is 36.4 Å². The Hall–Kier alpha value is -3.68. The van der Waals surface area contributed by atoms with Gasteiger partial charge in [-0.1, -0.05) is 12.1 Å². The molecule has 142 valence electrons. The summed E-state index contributed by atoms with van der Waals surface area (Å²) in [6.45, 7) is 0.518. The van der Waals surface area contributed by atoms with Crippen LogP contribution in [0.4, 0.5) is 4.39 Å². The summed E-state index contributed by atoms with van der Waals surface area (Å²) in [6, 6.07) is 15.1. The van der Waals surface area contributed by atoms with Gasteiger partial charge in [0.15, 0.2) is 11.5 Å². The Morgan fingerprint density at radius 2 is 1.86 bits per heavy atom. The molecule has 0 saturated heterocycles. The Balaban J connectivity index is 1.45. The molecule has 0 bridgehead atoms. The van der Waals surface area contributed by atoms with Crippen LogP contribution in [0.1, 0.15) is 10.5 Å². The van der Waals surface area contributed by atoms with Crippen molar-refractivity contribution in [2.24, 2.45) is 0 Å². The van der Waals surface area contributed by atoms with E-state index in [2.05, 4.69) is 10.4 Å². The number of amides is 1. The maximum Gasteiger partial charge on any atom is 0.271 e. The second kappa shape index (κ2) is 7.51. The fraction of sp³-hybridized carbons (Fsp3) is 0.150. The van der Waals surface area contributed by atoms with E-state index in [9.17, 15) is 14.0 Å². The second-order valence-corrected chi connectivity index (χ2v) is 6.15. The number of halogens is 1. The quantitative estimate of drug-likeness (QED) is 0.747. The van der Waals surface area contributed by atoms with Crippen molar-refractivity contribution in [2.75, 3.05) is 13.2 Å². The molecule has 7 nitrogen and oxygen atoms in total. The van der Waals surface area contributed by atoms with E-state index in [0.29, 0.717) is 23.8 Å². The van der Waals surface area contributed by atoms with Crippen molar-refractivity contribution in [2.45, 2.75) is 6.10 Å². The zero-order chi connectivity index (χ0) is 19.5. The van der Waals surface area contributed by atoms with Crippen LogP contribution in [0.3, 0.4) is 0 Å². The molecule has 1 aromatic heterocycles. The van der Waals surface area contributed by atoms with Crippen molar-refractivity contribution >= 4 is 5.91 Å². The van der Waals surface area contributed by atoms with Gasteiger partial charge in [-0.05, 0) is 42.5 Å². The Kier molecular flexibility index (Phi) is 4.76. The normalized spacial score (nSPS) is 15.1. The molecule has 28 heavy (non-hydrogen) atoms. The topological polar surface area (TPSA) is 82.5 Å². The van der Waals surface area contributed by atoms with Gasteiger partial charge < -0.3 is 14.8 Å². The van der Waals surface area contributed by atoms with Crippen molar-refractivity contribution < 1.29 is 18.7 Å². The maximum absolute atomic E-state index is 13.1. The van der Waals surface area contributed by atoms with Crippen molar-refractivity contribution in [3.05, 3.63) is 82.5 Å². The number of aromatic nitrogens is 2. The van der Waals surface area contributed by atoms with E-state index < -0.39 is 17.3 Å². The fourth-order valence-corrected chi connectivity index (χ4v) is 2.76. The number of carbonyl (C=O) groups is 1. The second-order valence-electron chi connectivity index (χ2n) is 6.15. The number of rotatable bonds is 4. The van der Waals surface area contributed by atoms with E-state index in [1.54, 1.807) is 6.07 Å². The molecule has 0 aliphatic carbocycles. The number of carbonyl (C=O) groups excluding carboxylic acids is 1. The molecule has 1 unspecified atom stereocenters. The number of para-hydroxylation sites is 2. The van der Waals surface area contributed by atoms with E-state index in [1.807, 2.05) is 18.2 Å². The molecule has 1 N–H and O–H groups in total. The highest BCUT2D eigenvalue weighted by atomic mass is 19.1.